The summed E-state index contributed by atoms with van der Waals surface area (Å²) in [5, 5.41) is 7.11. The number of para-hydroxylation sites is 1. The zero-order valence-corrected chi connectivity index (χ0v) is 18.0. The maximum Gasteiger partial charge on any atom is 0.359 e. The van der Waals surface area contributed by atoms with Crippen molar-refractivity contribution in [1.82, 2.24) is 9.78 Å². The van der Waals surface area contributed by atoms with Crippen molar-refractivity contribution < 1.29 is 18.7 Å². The Morgan fingerprint density at radius 3 is 2.41 bits per heavy atom. The number of fused-ring (bicyclic) bond motifs is 1. The summed E-state index contributed by atoms with van der Waals surface area (Å²) in [6.07, 6.45) is 0. The molecule has 4 aromatic rings. The molecule has 0 spiro atoms. The smallest absolute Gasteiger partial charge is 0.359 e. The van der Waals surface area contributed by atoms with Crippen molar-refractivity contribution >= 4 is 44.3 Å². The number of hydrogen-bond acceptors (Lipinski definition) is 5. The first-order valence-corrected chi connectivity index (χ1v) is 10.2. The maximum atomic E-state index is 13.9. The van der Waals surface area contributed by atoms with Crippen molar-refractivity contribution in [2.75, 3.05) is 11.9 Å². The molecule has 3 aromatic carbocycles. The van der Waals surface area contributed by atoms with Gasteiger partial charge in [0.05, 0.1) is 16.8 Å². The molecule has 1 amide bonds. The molecule has 0 atom stereocenters. The Morgan fingerprint density at radius 1 is 1.00 bits per heavy atom. The number of carbonyl (C=O) groups is 2. The molecule has 0 saturated carbocycles. The minimum atomic E-state index is -0.891. The van der Waals surface area contributed by atoms with Gasteiger partial charge < -0.3 is 10.1 Å². The Morgan fingerprint density at radius 2 is 1.69 bits per heavy atom. The van der Waals surface area contributed by atoms with Gasteiger partial charge in [0, 0.05) is 9.86 Å². The summed E-state index contributed by atoms with van der Waals surface area (Å²) in [7, 11) is 0. The molecule has 1 aromatic heterocycles. The number of amides is 1. The number of rotatable bonds is 5. The van der Waals surface area contributed by atoms with Crippen LogP contribution in [0.15, 0.2) is 82.1 Å². The molecule has 1 N–H and O–H groups in total. The third kappa shape index (κ3) is 4.42. The van der Waals surface area contributed by atoms with Gasteiger partial charge in [-0.25, -0.2) is 9.18 Å². The summed E-state index contributed by atoms with van der Waals surface area (Å²) in [5.74, 6) is -2.25. The fraction of sp³-hybridized carbons (Fsp3) is 0.0435. The van der Waals surface area contributed by atoms with Crippen LogP contribution >= 0.6 is 15.9 Å². The molecule has 0 bridgehead atoms. The fourth-order valence-electron chi connectivity index (χ4n) is 3.06. The lowest BCUT2D eigenvalue weighted by atomic mass is 10.1. The number of aromatic nitrogens is 2. The summed E-state index contributed by atoms with van der Waals surface area (Å²) >= 11 is 3.13. The molecule has 0 aliphatic rings. The number of nitrogens with one attached hydrogen (secondary N) is 1. The second-order valence-electron chi connectivity index (χ2n) is 6.70. The number of esters is 1. The third-order valence-corrected chi connectivity index (χ3v) is 5.03. The molecule has 160 valence electrons. The van der Waals surface area contributed by atoms with Crippen LogP contribution in [0.3, 0.4) is 0 Å². The number of nitrogens with zero attached hydrogens (tertiary/aromatic N) is 2. The highest BCUT2D eigenvalue weighted by Crippen LogP contribution is 2.19. The Labute approximate surface area is 189 Å². The quantitative estimate of drug-likeness (QED) is 0.421. The van der Waals surface area contributed by atoms with E-state index in [2.05, 4.69) is 26.3 Å². The topological polar surface area (TPSA) is 90.3 Å². The monoisotopic (exact) mass is 495 g/mol. The van der Waals surface area contributed by atoms with Gasteiger partial charge in [0.2, 0.25) is 0 Å². The van der Waals surface area contributed by atoms with Gasteiger partial charge in [0.15, 0.2) is 12.3 Å². The Balaban J connectivity index is 1.60. The number of halogens is 2. The molecule has 4 rings (SSSR count). The highest BCUT2D eigenvalue weighted by Gasteiger charge is 2.20. The number of carbonyl (C=O) groups excluding carboxylic acids is 2. The van der Waals surface area contributed by atoms with Gasteiger partial charge in [-0.05, 0) is 36.4 Å². The van der Waals surface area contributed by atoms with Crippen molar-refractivity contribution in [3.63, 3.8) is 0 Å². The van der Waals surface area contributed by atoms with Gasteiger partial charge in [-0.3, -0.25) is 9.59 Å². The van der Waals surface area contributed by atoms with Crippen LogP contribution < -0.4 is 10.9 Å². The van der Waals surface area contributed by atoms with Crippen LogP contribution in [0.25, 0.3) is 16.5 Å². The van der Waals surface area contributed by atoms with E-state index < -0.39 is 29.9 Å². The molecule has 0 saturated heterocycles. The Kier molecular flexibility index (Phi) is 6.09. The van der Waals surface area contributed by atoms with Crippen molar-refractivity contribution in [2.45, 2.75) is 0 Å². The predicted molar refractivity (Wildman–Crippen MR) is 120 cm³/mol. The van der Waals surface area contributed by atoms with Gasteiger partial charge in [-0.15, -0.1) is 0 Å². The van der Waals surface area contributed by atoms with E-state index in [1.165, 1.54) is 12.1 Å². The number of hydrogen-bond donors (Lipinski definition) is 1. The molecule has 7 nitrogen and oxygen atoms in total. The van der Waals surface area contributed by atoms with E-state index in [9.17, 15) is 18.8 Å². The lowest BCUT2D eigenvalue weighted by Gasteiger charge is -2.11. The highest BCUT2D eigenvalue weighted by molar-refractivity contribution is 9.10. The average Bonchev–Trinajstić information content (AvgIpc) is 2.80. The zero-order chi connectivity index (χ0) is 22.7. The van der Waals surface area contributed by atoms with Gasteiger partial charge in [0.1, 0.15) is 5.82 Å². The van der Waals surface area contributed by atoms with Crippen LogP contribution in [0.4, 0.5) is 10.1 Å². The van der Waals surface area contributed by atoms with Crippen molar-refractivity contribution in [1.29, 1.82) is 0 Å². The Hall–Kier alpha value is -3.85. The van der Waals surface area contributed by atoms with Crippen molar-refractivity contribution in [3.05, 3.63) is 99.1 Å². The third-order valence-electron chi connectivity index (χ3n) is 4.54. The first-order valence-electron chi connectivity index (χ1n) is 9.43. The molecule has 0 fully saturated rings. The maximum absolute atomic E-state index is 13.9. The number of ether oxygens (including phenoxy) is 1. The van der Waals surface area contributed by atoms with Gasteiger partial charge in [0.25, 0.3) is 11.5 Å². The lowest BCUT2D eigenvalue weighted by Crippen LogP contribution is -2.26. The summed E-state index contributed by atoms with van der Waals surface area (Å²) in [5.41, 5.74) is -0.0882. The second-order valence-corrected chi connectivity index (χ2v) is 7.61. The van der Waals surface area contributed by atoms with E-state index in [0.29, 0.717) is 15.5 Å². The van der Waals surface area contributed by atoms with E-state index in [-0.39, 0.29) is 16.8 Å². The van der Waals surface area contributed by atoms with Crippen LogP contribution in [-0.2, 0) is 9.53 Å². The molecule has 0 unspecified atom stereocenters. The number of anilines is 1. The van der Waals surface area contributed by atoms with Crippen molar-refractivity contribution in [2.24, 2.45) is 0 Å². The highest BCUT2D eigenvalue weighted by atomic mass is 79.9. The molecular weight excluding hydrogens is 481 g/mol. The van der Waals surface area contributed by atoms with E-state index in [4.69, 9.17) is 4.74 Å². The summed E-state index contributed by atoms with van der Waals surface area (Å²) in [6, 6.07) is 19.3. The van der Waals surface area contributed by atoms with E-state index >= 15 is 0 Å². The number of benzene rings is 3. The van der Waals surface area contributed by atoms with Crippen LogP contribution in [0.2, 0.25) is 0 Å². The normalized spacial score (nSPS) is 10.7. The molecule has 32 heavy (non-hydrogen) atoms. The summed E-state index contributed by atoms with van der Waals surface area (Å²) in [4.78, 5) is 37.8. The van der Waals surface area contributed by atoms with Gasteiger partial charge in [-0.1, -0.05) is 52.3 Å². The molecule has 0 aliphatic heterocycles. The van der Waals surface area contributed by atoms with E-state index in [1.807, 2.05) is 0 Å². The first-order chi connectivity index (χ1) is 15.4. The largest absolute Gasteiger partial charge is 0.451 e. The van der Waals surface area contributed by atoms with Crippen LogP contribution in [0.1, 0.15) is 10.5 Å². The van der Waals surface area contributed by atoms with Crippen LogP contribution in [0, 0.1) is 5.82 Å². The summed E-state index contributed by atoms with van der Waals surface area (Å²) < 4.78 is 20.6. The lowest BCUT2D eigenvalue weighted by molar-refractivity contribution is -0.119. The van der Waals surface area contributed by atoms with Gasteiger partial charge in [-0.2, -0.15) is 9.78 Å². The second kappa shape index (κ2) is 9.11. The molecule has 0 radical (unpaired) electrons. The SMILES string of the molecule is O=C(COC(=O)c1nn(-c2ccccc2)c(=O)c2ccccc12)Nc1ccc(Br)cc1F. The van der Waals surface area contributed by atoms with E-state index in [1.54, 1.807) is 60.7 Å². The van der Waals surface area contributed by atoms with Crippen LogP contribution in [-0.4, -0.2) is 28.3 Å². The summed E-state index contributed by atoms with van der Waals surface area (Å²) in [6.45, 7) is -0.658. The predicted octanol–water partition coefficient (Wildman–Crippen LogP) is 4.08. The van der Waals surface area contributed by atoms with Crippen LogP contribution in [0.5, 0.6) is 0 Å². The van der Waals surface area contributed by atoms with E-state index in [0.717, 1.165) is 4.68 Å². The molecule has 9 heteroatoms. The van der Waals surface area contributed by atoms with Crippen molar-refractivity contribution in [3.8, 4) is 5.69 Å². The molecule has 0 aliphatic carbocycles. The van der Waals surface area contributed by atoms with Gasteiger partial charge >= 0.3 is 5.97 Å². The molecule has 1 heterocycles. The fourth-order valence-corrected chi connectivity index (χ4v) is 3.39. The standard InChI is InChI=1S/C23H15BrFN3O4/c24-14-10-11-19(18(25)12-14)26-20(29)13-32-23(31)21-16-8-4-5-9-17(16)22(30)28(27-21)15-6-2-1-3-7-15/h1-12H,13H2,(H,26,29). The molecular formula is C23H15BrFN3O4. The zero-order valence-electron chi connectivity index (χ0n) is 16.4. The minimum absolute atomic E-state index is 0.0459. The first kappa shape index (κ1) is 21.4. The average molecular weight is 496 g/mol. The Bertz CT molecular complexity index is 1390. The minimum Gasteiger partial charge on any atom is -0.451 e.